The van der Waals surface area contributed by atoms with Crippen LogP contribution in [0.25, 0.3) is 0 Å². The SMILES string of the molecule is CCCCCCCCCC/C=C\CCCCCCCCCCCCCCCCCCCCCCCCCC(=O)NC(COC1OC(CO)C(OC2OC(CO)C(OC3OC(CO)C(O)C(O)C3O)C(O)C2O)C(O)C1O)C(O)/C=C/CCCCCCCCCCCCC. The Morgan fingerprint density at radius 2 is 0.677 bits per heavy atom. The van der Waals surface area contributed by atoms with E-state index in [1.807, 2.05) is 6.08 Å². The predicted octanol–water partition coefficient (Wildman–Crippen LogP) is 11.4. The van der Waals surface area contributed by atoms with E-state index in [0.29, 0.717) is 6.42 Å². The average molecular weight is 1330 g/mol. The van der Waals surface area contributed by atoms with Crippen molar-refractivity contribution in [2.45, 2.75) is 413 Å². The van der Waals surface area contributed by atoms with E-state index < -0.39 is 124 Å². The Kier molecular flexibility index (Phi) is 51.5. The lowest BCUT2D eigenvalue weighted by atomic mass is 9.96. The molecule has 19 nitrogen and oxygen atoms in total. The van der Waals surface area contributed by atoms with Crippen molar-refractivity contribution in [2.75, 3.05) is 26.4 Å². The highest BCUT2D eigenvalue weighted by Crippen LogP contribution is 2.33. The molecule has 0 bridgehead atoms. The summed E-state index contributed by atoms with van der Waals surface area (Å²) >= 11 is 0. The van der Waals surface area contributed by atoms with Gasteiger partial charge in [0, 0.05) is 6.42 Å². The van der Waals surface area contributed by atoms with Crippen LogP contribution in [-0.4, -0.2) is 193 Å². The van der Waals surface area contributed by atoms with E-state index in [2.05, 4.69) is 31.3 Å². The first kappa shape index (κ1) is 85.5. The van der Waals surface area contributed by atoms with E-state index in [1.165, 1.54) is 238 Å². The van der Waals surface area contributed by atoms with Crippen molar-refractivity contribution in [1.29, 1.82) is 0 Å². The minimum atomic E-state index is -1.98. The molecule has 3 rings (SSSR count). The molecule has 3 aliphatic heterocycles. The van der Waals surface area contributed by atoms with Gasteiger partial charge in [-0.25, -0.2) is 0 Å². The second kappa shape index (κ2) is 56.1. The summed E-state index contributed by atoms with van der Waals surface area (Å²) in [6, 6.07) is -0.969. The molecule has 0 spiro atoms. The van der Waals surface area contributed by atoms with Crippen molar-refractivity contribution in [1.82, 2.24) is 5.32 Å². The van der Waals surface area contributed by atoms with E-state index in [4.69, 9.17) is 28.4 Å². The zero-order valence-electron chi connectivity index (χ0n) is 58.3. The number of unbranched alkanes of at least 4 members (excludes halogenated alkanes) is 42. The van der Waals surface area contributed by atoms with Crippen LogP contribution in [0.1, 0.15) is 309 Å². The van der Waals surface area contributed by atoms with Gasteiger partial charge in [-0.1, -0.05) is 282 Å². The van der Waals surface area contributed by atoms with Crippen molar-refractivity contribution < 1.29 is 89.4 Å². The molecule has 3 aliphatic rings. The third kappa shape index (κ3) is 37.3. The van der Waals surface area contributed by atoms with Gasteiger partial charge in [-0.05, 0) is 44.9 Å². The molecule has 0 aromatic carbocycles. The highest BCUT2D eigenvalue weighted by Gasteiger charge is 2.53. The van der Waals surface area contributed by atoms with E-state index in [1.54, 1.807) is 6.08 Å². The lowest BCUT2D eigenvalue weighted by Crippen LogP contribution is -2.66. The highest BCUT2D eigenvalue weighted by molar-refractivity contribution is 5.76. The maximum atomic E-state index is 13.4. The first-order chi connectivity index (χ1) is 45.3. The molecule has 0 aromatic rings. The Balaban J connectivity index is 1.31. The largest absolute Gasteiger partial charge is 0.394 e. The molecule has 3 heterocycles. The molecule has 0 radical (unpaired) electrons. The second-order valence-electron chi connectivity index (χ2n) is 27.5. The number of hydrogen-bond acceptors (Lipinski definition) is 18. The summed E-state index contributed by atoms with van der Waals surface area (Å²) in [4.78, 5) is 13.4. The molecule has 0 aliphatic carbocycles. The molecule has 548 valence electrons. The molecule has 93 heavy (non-hydrogen) atoms. The molecule has 17 unspecified atom stereocenters. The molecular formula is C74H139NO18. The van der Waals surface area contributed by atoms with Crippen molar-refractivity contribution in [3.8, 4) is 0 Å². The van der Waals surface area contributed by atoms with Gasteiger partial charge in [-0.15, -0.1) is 0 Å². The summed E-state index contributed by atoms with van der Waals surface area (Å²) in [5.41, 5.74) is 0. The maximum Gasteiger partial charge on any atom is 0.220 e. The zero-order valence-corrected chi connectivity index (χ0v) is 58.3. The fourth-order valence-electron chi connectivity index (χ4n) is 13.1. The highest BCUT2D eigenvalue weighted by atomic mass is 16.8. The zero-order chi connectivity index (χ0) is 67.5. The molecule has 0 saturated carbocycles. The van der Waals surface area contributed by atoms with Gasteiger partial charge >= 0.3 is 0 Å². The molecule has 3 saturated heterocycles. The van der Waals surface area contributed by atoms with E-state index in [9.17, 15) is 61.0 Å². The quantitative estimate of drug-likeness (QED) is 0.0199. The van der Waals surface area contributed by atoms with Crippen LogP contribution in [0, 0.1) is 0 Å². The van der Waals surface area contributed by atoms with Gasteiger partial charge in [-0.2, -0.15) is 0 Å². The van der Waals surface area contributed by atoms with Crippen molar-refractivity contribution in [3.05, 3.63) is 24.3 Å². The molecular weight excluding hydrogens is 1190 g/mol. The number of hydrogen-bond donors (Lipinski definition) is 12. The van der Waals surface area contributed by atoms with Crippen molar-refractivity contribution in [2.24, 2.45) is 0 Å². The molecule has 17 atom stereocenters. The smallest absolute Gasteiger partial charge is 0.220 e. The normalized spacial score (nSPS) is 27.6. The predicted molar refractivity (Wildman–Crippen MR) is 365 cm³/mol. The Morgan fingerprint density at radius 1 is 0.376 bits per heavy atom. The molecule has 3 fully saturated rings. The molecule has 19 heteroatoms. The number of aliphatic hydroxyl groups excluding tert-OH is 11. The lowest BCUT2D eigenvalue weighted by molar-refractivity contribution is -0.379. The van der Waals surface area contributed by atoms with Crippen molar-refractivity contribution >= 4 is 5.91 Å². The standard InChI is InChI=1S/C74H139NO18/c1-3-5-7-9-11-13-15-17-18-19-20-21-22-23-24-25-26-27-28-29-30-31-32-33-34-35-36-37-38-40-42-44-46-48-50-52-62(80)75-57(58(79)51-49-47-45-43-41-39-16-14-12-10-8-6-4-2)56-88-72-68(86)65(83)70(60(54-77)90-72)93-74-69(87)66(84)71(61(55-78)91-74)92-73-67(85)64(82)63(81)59(53-76)89-73/h19-20,49,51,57-61,63-74,76-79,81-87H,3-18,21-48,50,52-56H2,1-2H3,(H,75,80)/b20-19-,51-49+. The number of nitrogens with one attached hydrogen (secondary N) is 1. The number of aliphatic hydroxyl groups is 11. The maximum absolute atomic E-state index is 13.4. The fourth-order valence-corrected chi connectivity index (χ4v) is 13.1. The number of allylic oxidation sites excluding steroid dienone is 3. The van der Waals surface area contributed by atoms with Crippen LogP contribution < -0.4 is 5.32 Å². The third-order valence-electron chi connectivity index (χ3n) is 19.2. The van der Waals surface area contributed by atoms with Crippen LogP contribution in [0.5, 0.6) is 0 Å². The van der Waals surface area contributed by atoms with E-state index in [0.717, 1.165) is 44.9 Å². The Morgan fingerprint density at radius 3 is 1.04 bits per heavy atom. The second-order valence-corrected chi connectivity index (χ2v) is 27.5. The summed E-state index contributed by atoms with van der Waals surface area (Å²) in [5, 5.41) is 120. The summed E-state index contributed by atoms with van der Waals surface area (Å²) in [6.07, 6.45) is 39.1. The summed E-state index contributed by atoms with van der Waals surface area (Å²) < 4.78 is 34.4. The minimum absolute atomic E-state index is 0.248. The number of carbonyl (C=O) groups is 1. The van der Waals surface area contributed by atoms with Gasteiger partial charge in [-0.3, -0.25) is 4.79 Å². The van der Waals surface area contributed by atoms with Crippen LogP contribution in [0.2, 0.25) is 0 Å². The van der Waals surface area contributed by atoms with Crippen molar-refractivity contribution in [3.63, 3.8) is 0 Å². The topological polar surface area (TPSA) is 307 Å². The number of rotatable bonds is 60. The van der Waals surface area contributed by atoms with Crippen LogP contribution in [-0.2, 0) is 33.2 Å². The Hall–Kier alpha value is -1.73. The fraction of sp³-hybridized carbons (Fsp3) is 0.932. The Labute approximate surface area is 562 Å². The monoisotopic (exact) mass is 1330 g/mol. The van der Waals surface area contributed by atoms with Gasteiger partial charge < -0.3 is 89.9 Å². The van der Waals surface area contributed by atoms with Crippen LogP contribution in [0.4, 0.5) is 0 Å². The number of amides is 1. The van der Waals surface area contributed by atoms with Crippen LogP contribution in [0.3, 0.4) is 0 Å². The van der Waals surface area contributed by atoms with Gasteiger partial charge in [0.1, 0.15) is 73.2 Å². The van der Waals surface area contributed by atoms with Gasteiger partial charge in [0.15, 0.2) is 18.9 Å². The number of ether oxygens (including phenoxy) is 6. The van der Waals surface area contributed by atoms with E-state index in [-0.39, 0.29) is 18.9 Å². The van der Waals surface area contributed by atoms with Gasteiger partial charge in [0.2, 0.25) is 5.91 Å². The summed E-state index contributed by atoms with van der Waals surface area (Å²) in [6.45, 7) is 1.75. The minimum Gasteiger partial charge on any atom is -0.394 e. The first-order valence-electron chi connectivity index (χ1n) is 38.1. The average Bonchev–Trinajstić information content (AvgIpc) is 0.842. The van der Waals surface area contributed by atoms with Crippen LogP contribution >= 0.6 is 0 Å². The third-order valence-corrected chi connectivity index (χ3v) is 19.2. The molecule has 0 aromatic heterocycles. The summed E-state index contributed by atoms with van der Waals surface area (Å²) in [5.74, 6) is -0.270. The van der Waals surface area contributed by atoms with Gasteiger partial charge in [0.25, 0.3) is 0 Å². The first-order valence-corrected chi connectivity index (χ1v) is 38.1. The summed E-state index contributed by atoms with van der Waals surface area (Å²) in [7, 11) is 0. The molecule has 12 N–H and O–H groups in total. The molecule has 1 amide bonds. The van der Waals surface area contributed by atoms with Crippen LogP contribution in [0.15, 0.2) is 24.3 Å². The Bertz CT molecular complexity index is 1780. The van der Waals surface area contributed by atoms with Gasteiger partial charge in [0.05, 0.1) is 38.6 Å². The number of carbonyl (C=O) groups excluding carboxylic acids is 1. The van der Waals surface area contributed by atoms with E-state index >= 15 is 0 Å². The lowest BCUT2D eigenvalue weighted by Gasteiger charge is -2.48.